The smallest absolute Gasteiger partial charge is 0.265 e. The lowest BCUT2D eigenvalue weighted by Gasteiger charge is -2.30. The van der Waals surface area contributed by atoms with E-state index in [-0.39, 0.29) is 11.9 Å². The molecule has 1 amide bonds. The third-order valence-corrected chi connectivity index (χ3v) is 5.76. The minimum absolute atomic E-state index is 0.134. The summed E-state index contributed by atoms with van der Waals surface area (Å²) in [7, 11) is 0. The second kappa shape index (κ2) is 5.82. The van der Waals surface area contributed by atoms with Crippen molar-refractivity contribution in [1.29, 1.82) is 0 Å². The van der Waals surface area contributed by atoms with E-state index in [4.69, 9.17) is 5.73 Å². The molecule has 1 atom stereocenters. The maximum atomic E-state index is 12.6. The molecule has 2 fully saturated rings. The molecule has 2 heterocycles. The second-order valence-corrected chi connectivity index (χ2v) is 7.13. The van der Waals surface area contributed by atoms with Crippen molar-refractivity contribution in [2.24, 2.45) is 5.73 Å². The molecular weight excluding hydrogens is 270 g/mol. The number of carbonyl (C=O) groups excluding carboxylic acids is 1. The molecule has 1 aliphatic heterocycles. The van der Waals surface area contributed by atoms with Gasteiger partial charge in [0.1, 0.15) is 4.88 Å². The standard InChI is InChI=1S/C15H23N3OS/c1-10-13(15(19)18-8-4-7-12(16)9-18)20-14(17-10)11-5-2-3-6-11/h11-12H,2-9,16H2,1H3/t12-/m0/s1. The summed E-state index contributed by atoms with van der Waals surface area (Å²) in [6.45, 7) is 3.49. The highest BCUT2D eigenvalue weighted by Crippen LogP contribution is 2.37. The van der Waals surface area contributed by atoms with Crippen molar-refractivity contribution < 1.29 is 4.79 Å². The average molecular weight is 293 g/mol. The van der Waals surface area contributed by atoms with Gasteiger partial charge in [-0.2, -0.15) is 0 Å². The van der Waals surface area contributed by atoms with E-state index < -0.39 is 0 Å². The highest BCUT2D eigenvalue weighted by molar-refractivity contribution is 7.13. The summed E-state index contributed by atoms with van der Waals surface area (Å²) in [6.07, 6.45) is 7.10. The Bertz CT molecular complexity index is 493. The maximum Gasteiger partial charge on any atom is 0.265 e. The molecule has 0 bridgehead atoms. The fourth-order valence-corrected chi connectivity index (χ4v) is 4.50. The van der Waals surface area contributed by atoms with E-state index >= 15 is 0 Å². The van der Waals surface area contributed by atoms with Crippen molar-refractivity contribution >= 4 is 17.2 Å². The van der Waals surface area contributed by atoms with Crippen LogP contribution in [0.15, 0.2) is 0 Å². The van der Waals surface area contributed by atoms with Crippen LogP contribution in [0.25, 0.3) is 0 Å². The number of amides is 1. The van der Waals surface area contributed by atoms with Crippen LogP contribution in [0.2, 0.25) is 0 Å². The molecule has 1 aliphatic carbocycles. The number of carbonyl (C=O) groups is 1. The van der Waals surface area contributed by atoms with Crippen molar-refractivity contribution in [3.8, 4) is 0 Å². The number of hydrogen-bond acceptors (Lipinski definition) is 4. The van der Waals surface area contributed by atoms with Gasteiger partial charge < -0.3 is 10.6 Å². The molecule has 0 spiro atoms. The van der Waals surface area contributed by atoms with Crippen molar-refractivity contribution in [2.45, 2.75) is 57.4 Å². The first-order valence-corrected chi connectivity index (χ1v) is 8.49. The average Bonchev–Trinajstić information content (AvgIpc) is 3.07. The fourth-order valence-electron chi connectivity index (χ4n) is 3.30. The Kier molecular flexibility index (Phi) is 4.08. The summed E-state index contributed by atoms with van der Waals surface area (Å²) in [5.41, 5.74) is 6.88. The van der Waals surface area contributed by atoms with Gasteiger partial charge in [-0.15, -0.1) is 11.3 Å². The van der Waals surface area contributed by atoms with Crippen molar-refractivity contribution in [3.05, 3.63) is 15.6 Å². The van der Waals surface area contributed by atoms with Gasteiger partial charge in [0.2, 0.25) is 0 Å². The molecule has 20 heavy (non-hydrogen) atoms. The van der Waals surface area contributed by atoms with E-state index in [1.807, 2.05) is 11.8 Å². The second-order valence-electron chi connectivity index (χ2n) is 6.10. The monoisotopic (exact) mass is 293 g/mol. The Morgan fingerprint density at radius 2 is 2.05 bits per heavy atom. The number of piperidine rings is 1. The summed E-state index contributed by atoms with van der Waals surface area (Å²) in [6, 6.07) is 0.134. The molecule has 5 heteroatoms. The van der Waals surface area contributed by atoms with Gasteiger partial charge in [-0.3, -0.25) is 4.79 Å². The molecule has 2 aliphatic rings. The minimum Gasteiger partial charge on any atom is -0.336 e. The van der Waals surface area contributed by atoms with Gasteiger partial charge >= 0.3 is 0 Å². The zero-order valence-corrected chi connectivity index (χ0v) is 12.9. The van der Waals surface area contributed by atoms with Crippen LogP contribution in [0.1, 0.15) is 64.8 Å². The van der Waals surface area contributed by atoms with Gasteiger partial charge in [-0.25, -0.2) is 4.98 Å². The Hall–Kier alpha value is -0.940. The number of likely N-dealkylation sites (tertiary alicyclic amines) is 1. The SMILES string of the molecule is Cc1nc(C2CCCC2)sc1C(=O)N1CCC[C@H](N)C1. The molecule has 2 N–H and O–H groups in total. The first-order valence-electron chi connectivity index (χ1n) is 7.67. The summed E-state index contributed by atoms with van der Waals surface area (Å²) in [5.74, 6) is 0.725. The van der Waals surface area contributed by atoms with Crippen LogP contribution in [-0.4, -0.2) is 34.9 Å². The highest BCUT2D eigenvalue weighted by Gasteiger charge is 2.28. The van der Waals surface area contributed by atoms with Gasteiger partial charge in [0.15, 0.2) is 0 Å². The van der Waals surface area contributed by atoms with E-state index in [2.05, 4.69) is 4.98 Å². The number of nitrogens with zero attached hydrogens (tertiary/aromatic N) is 2. The number of aromatic nitrogens is 1. The molecule has 0 unspecified atom stereocenters. The van der Waals surface area contributed by atoms with E-state index in [1.54, 1.807) is 11.3 Å². The van der Waals surface area contributed by atoms with Crippen molar-refractivity contribution in [2.75, 3.05) is 13.1 Å². The van der Waals surface area contributed by atoms with Gasteiger partial charge in [-0.05, 0) is 32.6 Å². The summed E-state index contributed by atoms with van der Waals surface area (Å²) >= 11 is 1.62. The Balaban J connectivity index is 1.77. The topological polar surface area (TPSA) is 59.2 Å². The van der Waals surface area contributed by atoms with E-state index in [1.165, 1.54) is 30.7 Å². The van der Waals surface area contributed by atoms with Gasteiger partial charge in [0.05, 0.1) is 10.7 Å². The van der Waals surface area contributed by atoms with Crippen LogP contribution >= 0.6 is 11.3 Å². The summed E-state index contributed by atoms with van der Waals surface area (Å²) in [5, 5.41) is 1.17. The van der Waals surface area contributed by atoms with Crippen molar-refractivity contribution in [3.63, 3.8) is 0 Å². The first-order chi connectivity index (χ1) is 9.65. The fraction of sp³-hybridized carbons (Fsp3) is 0.733. The Morgan fingerprint density at radius 3 is 2.75 bits per heavy atom. The highest BCUT2D eigenvalue weighted by atomic mass is 32.1. The third kappa shape index (κ3) is 2.74. The summed E-state index contributed by atoms with van der Waals surface area (Å²) in [4.78, 5) is 20.0. The molecule has 110 valence electrons. The first kappa shape index (κ1) is 14.0. The molecule has 4 nitrogen and oxygen atoms in total. The maximum absolute atomic E-state index is 12.6. The van der Waals surface area contributed by atoms with E-state index in [0.29, 0.717) is 12.5 Å². The normalized spacial score (nSPS) is 24.3. The van der Waals surface area contributed by atoms with Crippen LogP contribution in [0.5, 0.6) is 0 Å². The Labute approximate surface area is 124 Å². The lowest BCUT2D eigenvalue weighted by Crippen LogP contribution is -2.45. The van der Waals surface area contributed by atoms with Gasteiger partial charge in [0, 0.05) is 25.0 Å². The quantitative estimate of drug-likeness (QED) is 0.912. The zero-order chi connectivity index (χ0) is 14.1. The van der Waals surface area contributed by atoms with Crippen LogP contribution in [0, 0.1) is 6.92 Å². The number of aryl methyl sites for hydroxylation is 1. The van der Waals surface area contributed by atoms with Crippen LogP contribution in [-0.2, 0) is 0 Å². The largest absolute Gasteiger partial charge is 0.336 e. The van der Waals surface area contributed by atoms with Gasteiger partial charge in [-0.1, -0.05) is 12.8 Å². The molecule has 1 saturated heterocycles. The molecule has 1 aromatic rings. The molecule has 1 aromatic heterocycles. The Morgan fingerprint density at radius 1 is 1.30 bits per heavy atom. The van der Waals surface area contributed by atoms with Crippen LogP contribution < -0.4 is 5.73 Å². The molecule has 0 aromatic carbocycles. The molecule has 0 radical (unpaired) electrons. The van der Waals surface area contributed by atoms with Gasteiger partial charge in [0.25, 0.3) is 5.91 Å². The van der Waals surface area contributed by atoms with Crippen LogP contribution in [0.3, 0.4) is 0 Å². The number of nitrogens with two attached hydrogens (primary N) is 1. The number of hydrogen-bond donors (Lipinski definition) is 1. The van der Waals surface area contributed by atoms with Crippen molar-refractivity contribution in [1.82, 2.24) is 9.88 Å². The molecular formula is C15H23N3OS. The predicted molar refractivity (Wildman–Crippen MR) is 81.2 cm³/mol. The zero-order valence-electron chi connectivity index (χ0n) is 12.1. The number of thiazole rings is 1. The van der Waals surface area contributed by atoms with Crippen LogP contribution in [0.4, 0.5) is 0 Å². The summed E-state index contributed by atoms with van der Waals surface area (Å²) < 4.78 is 0. The molecule has 1 saturated carbocycles. The lowest BCUT2D eigenvalue weighted by atomic mass is 10.1. The van der Waals surface area contributed by atoms with E-state index in [0.717, 1.165) is 30.0 Å². The molecule has 3 rings (SSSR count). The predicted octanol–water partition coefficient (Wildman–Crippen LogP) is 2.67. The lowest BCUT2D eigenvalue weighted by molar-refractivity contribution is 0.0713. The number of rotatable bonds is 2. The van der Waals surface area contributed by atoms with E-state index in [9.17, 15) is 4.79 Å². The minimum atomic E-state index is 0.134. The third-order valence-electron chi connectivity index (χ3n) is 4.46.